The maximum absolute atomic E-state index is 13.9. The van der Waals surface area contributed by atoms with Gasteiger partial charge < -0.3 is 15.9 Å². The van der Waals surface area contributed by atoms with Gasteiger partial charge in [0.1, 0.15) is 5.75 Å². The number of likely N-dealkylation sites (N-methyl/N-ethyl adjacent to an activating group) is 1. The molecule has 3 fully saturated rings. The molecule has 1 aliphatic heterocycles. The first-order valence-electron chi connectivity index (χ1n) is 14.4. The van der Waals surface area contributed by atoms with E-state index >= 15 is 0 Å². The van der Waals surface area contributed by atoms with Crippen LogP contribution in [0.4, 0.5) is 0 Å². The van der Waals surface area contributed by atoms with Gasteiger partial charge in [-0.15, -0.1) is 0 Å². The van der Waals surface area contributed by atoms with E-state index in [4.69, 9.17) is 17.3 Å². The van der Waals surface area contributed by atoms with Crippen LogP contribution < -0.4 is 5.73 Å². The number of carbonyl (C=O) groups is 5. The van der Waals surface area contributed by atoms with Gasteiger partial charge in [0.2, 0.25) is 5.91 Å². The third-order valence-electron chi connectivity index (χ3n) is 9.87. The minimum Gasteiger partial charge on any atom is -0.507 e. The van der Waals surface area contributed by atoms with Gasteiger partial charge in [-0.2, -0.15) is 0 Å². The molecule has 0 spiro atoms. The summed E-state index contributed by atoms with van der Waals surface area (Å²) in [6.07, 6.45) is 4.72. The van der Waals surface area contributed by atoms with Gasteiger partial charge in [-0.25, -0.2) is 0 Å². The van der Waals surface area contributed by atoms with E-state index in [1.807, 2.05) is 0 Å². The monoisotopic (exact) mass is 587 g/mol. The number of halogens is 1. The number of ketones is 4. The van der Waals surface area contributed by atoms with Gasteiger partial charge >= 0.3 is 0 Å². The van der Waals surface area contributed by atoms with Crippen LogP contribution in [0.1, 0.15) is 60.5 Å². The number of nitrogens with two attached hydrogens (primary N) is 1. The van der Waals surface area contributed by atoms with Crippen molar-refractivity contribution in [1.29, 1.82) is 0 Å². The third-order valence-corrected chi connectivity index (χ3v) is 10.3. The number of phenolic OH excluding ortho intramolecular Hbond substituents is 1. The Labute approximate surface area is 244 Å². The van der Waals surface area contributed by atoms with Gasteiger partial charge in [-0.3, -0.25) is 33.8 Å². The second kappa shape index (κ2) is 10.9. The van der Waals surface area contributed by atoms with Gasteiger partial charge in [0.05, 0.1) is 17.5 Å². The molecule has 0 radical (unpaired) electrons. The minimum absolute atomic E-state index is 0.00381. The maximum atomic E-state index is 13.9. The lowest BCUT2D eigenvalue weighted by Crippen LogP contribution is -2.74. The van der Waals surface area contributed by atoms with Gasteiger partial charge in [0, 0.05) is 17.5 Å². The molecule has 6 atom stereocenters. The average Bonchev–Trinajstić information content (AvgIpc) is 2.90. The van der Waals surface area contributed by atoms with Crippen LogP contribution >= 0.6 is 11.6 Å². The van der Waals surface area contributed by atoms with Gasteiger partial charge in [-0.05, 0) is 81.9 Å². The molecule has 4 aliphatic rings. The van der Waals surface area contributed by atoms with Crippen LogP contribution in [0.15, 0.2) is 6.07 Å². The van der Waals surface area contributed by atoms with Crippen molar-refractivity contribution in [3.8, 4) is 5.75 Å². The number of carbonyl (C=O) groups excluding carboxylic acids is 5. The highest BCUT2D eigenvalue weighted by Crippen LogP contribution is 2.52. The molecule has 1 saturated heterocycles. The molecule has 222 valence electrons. The van der Waals surface area contributed by atoms with Crippen molar-refractivity contribution in [2.24, 2.45) is 35.3 Å². The number of phenols is 1. The molecule has 1 aromatic carbocycles. The highest BCUT2D eigenvalue weighted by atomic mass is 35.5. The van der Waals surface area contributed by atoms with Crippen LogP contribution in [-0.2, 0) is 32.1 Å². The number of hydrogen-bond donors (Lipinski definition) is 3. The summed E-state index contributed by atoms with van der Waals surface area (Å²) in [5.41, 5.74) is 3.68. The van der Waals surface area contributed by atoms with Crippen molar-refractivity contribution in [2.45, 2.75) is 63.6 Å². The Bertz CT molecular complexity index is 1320. The molecule has 1 amide bonds. The van der Waals surface area contributed by atoms with Gasteiger partial charge in [0.25, 0.3) is 0 Å². The van der Waals surface area contributed by atoms with Gasteiger partial charge in [-0.1, -0.05) is 31.4 Å². The Balaban J connectivity index is 1.49. The minimum atomic E-state index is -2.74. The smallest absolute Gasteiger partial charge is 0.235 e. The number of aliphatic hydroxyl groups is 1. The van der Waals surface area contributed by atoms with E-state index in [9.17, 15) is 34.2 Å². The normalized spacial score (nSPS) is 32.6. The van der Waals surface area contributed by atoms with Crippen LogP contribution in [0.2, 0.25) is 5.02 Å². The Morgan fingerprint density at radius 2 is 1.83 bits per heavy atom. The standard InChI is InChI=1S/C30H38ClN3O7/c1-4-5-14-6-8-34(9-7-14)13-16-12-19(35)21-17(23(16)31)10-15-11-18-24(33(2)3)26(37)22(29(32)40)28(39)30(18,41)27(38)20(15)25(21)36/h12,14-15,18,20,22,24,35,41H,4-11,13H2,1-3H3,(H2,32,40)/t15-,18-,20?,22?,24-,30-/m0/s1. The van der Waals surface area contributed by atoms with Gasteiger partial charge in [0.15, 0.2) is 34.7 Å². The second-order valence-electron chi connectivity index (χ2n) is 12.5. The number of aromatic hydroxyl groups is 1. The van der Waals surface area contributed by atoms with E-state index in [-0.39, 0.29) is 24.2 Å². The van der Waals surface area contributed by atoms with Crippen molar-refractivity contribution in [1.82, 2.24) is 9.80 Å². The lowest BCUT2D eigenvalue weighted by atomic mass is 9.52. The number of fused-ring (bicyclic) bond motifs is 3. The zero-order valence-electron chi connectivity index (χ0n) is 23.7. The molecule has 1 heterocycles. The SMILES string of the molecule is CCCC1CCN(Cc2cc(O)c3c(c2Cl)C[C@H]2C[C@H]4[C@H](N(C)C)C(=O)C(C(N)=O)C(=O)[C@@]4(O)C(=O)C2C3=O)CC1. The van der Waals surface area contributed by atoms with Crippen LogP contribution in [-0.4, -0.2) is 87.9 Å². The first-order valence-corrected chi connectivity index (χ1v) is 14.8. The molecule has 11 heteroatoms. The fourth-order valence-electron chi connectivity index (χ4n) is 7.91. The van der Waals surface area contributed by atoms with Crippen molar-refractivity contribution in [3.63, 3.8) is 0 Å². The number of piperidine rings is 1. The Kier molecular flexibility index (Phi) is 7.91. The number of primary amides is 1. The molecule has 5 rings (SSSR count). The van der Waals surface area contributed by atoms with E-state index in [0.29, 0.717) is 28.6 Å². The van der Waals surface area contributed by atoms with E-state index in [0.717, 1.165) is 32.4 Å². The highest BCUT2D eigenvalue weighted by Gasteiger charge is 2.69. The van der Waals surface area contributed by atoms with Crippen molar-refractivity contribution < 1.29 is 34.2 Å². The van der Waals surface area contributed by atoms with Crippen LogP contribution in [0, 0.1) is 29.6 Å². The highest BCUT2D eigenvalue weighted by molar-refractivity contribution is 6.34. The molecule has 1 aromatic rings. The zero-order chi connectivity index (χ0) is 30.0. The van der Waals surface area contributed by atoms with E-state index in [1.165, 1.54) is 17.4 Å². The number of Topliss-reactive ketones (excluding diaryl/α,β-unsaturated/α-hetero) is 4. The summed E-state index contributed by atoms with van der Waals surface area (Å²) in [5.74, 6) is -9.90. The maximum Gasteiger partial charge on any atom is 0.235 e. The summed E-state index contributed by atoms with van der Waals surface area (Å²) < 4.78 is 0. The van der Waals surface area contributed by atoms with Crippen molar-refractivity contribution in [2.75, 3.05) is 27.2 Å². The molecule has 2 unspecified atom stereocenters. The summed E-state index contributed by atoms with van der Waals surface area (Å²) in [4.78, 5) is 70.1. The summed E-state index contributed by atoms with van der Waals surface area (Å²) in [7, 11) is 3.11. The predicted octanol–water partition coefficient (Wildman–Crippen LogP) is 1.53. The first-order chi connectivity index (χ1) is 19.3. The van der Waals surface area contributed by atoms with Crippen LogP contribution in [0.25, 0.3) is 0 Å². The van der Waals surface area contributed by atoms with E-state index in [1.54, 1.807) is 14.1 Å². The lowest BCUT2D eigenvalue weighted by molar-refractivity contribution is -0.181. The molecule has 0 aromatic heterocycles. The number of nitrogens with zero attached hydrogens (tertiary/aromatic N) is 2. The Hall–Kier alpha value is -2.66. The summed E-state index contributed by atoms with van der Waals surface area (Å²) >= 11 is 6.88. The fraction of sp³-hybridized carbons (Fsp3) is 0.633. The molecule has 10 nitrogen and oxygen atoms in total. The predicted molar refractivity (Wildman–Crippen MR) is 149 cm³/mol. The van der Waals surface area contributed by atoms with E-state index < -0.39 is 64.4 Å². The molecule has 4 N–H and O–H groups in total. The van der Waals surface area contributed by atoms with Crippen molar-refractivity contribution >= 4 is 40.6 Å². The molecular formula is C30H38ClN3O7. The summed E-state index contributed by atoms with van der Waals surface area (Å²) in [5, 5.41) is 23.0. The molecular weight excluding hydrogens is 550 g/mol. The number of rotatable bonds is 6. The fourth-order valence-corrected chi connectivity index (χ4v) is 8.19. The number of benzene rings is 1. The third kappa shape index (κ3) is 4.63. The summed E-state index contributed by atoms with van der Waals surface area (Å²) in [6, 6.07) is 0.334. The van der Waals surface area contributed by atoms with Crippen molar-refractivity contribution in [3.05, 3.63) is 27.8 Å². The molecule has 3 aliphatic carbocycles. The number of hydrogen-bond acceptors (Lipinski definition) is 9. The largest absolute Gasteiger partial charge is 0.507 e. The zero-order valence-corrected chi connectivity index (χ0v) is 24.4. The molecule has 0 bridgehead atoms. The summed E-state index contributed by atoms with van der Waals surface area (Å²) in [6.45, 7) is 4.54. The number of amides is 1. The number of likely N-dealkylation sites (tertiary alicyclic amines) is 1. The topological polar surface area (TPSA) is 158 Å². The lowest BCUT2D eigenvalue weighted by Gasteiger charge is -2.52. The molecule has 2 saturated carbocycles. The first kappa shape index (κ1) is 29.8. The Morgan fingerprint density at radius 3 is 2.41 bits per heavy atom. The van der Waals surface area contributed by atoms with E-state index in [2.05, 4.69) is 11.8 Å². The van der Waals surface area contributed by atoms with Crippen LogP contribution in [0.3, 0.4) is 0 Å². The van der Waals surface area contributed by atoms with Crippen LogP contribution in [0.5, 0.6) is 5.75 Å². The molecule has 41 heavy (non-hydrogen) atoms. The Morgan fingerprint density at radius 1 is 1.17 bits per heavy atom. The second-order valence-corrected chi connectivity index (χ2v) is 12.9. The quantitative estimate of drug-likeness (QED) is 0.420. The average molecular weight is 588 g/mol.